The van der Waals surface area contributed by atoms with Crippen LogP contribution in [0.15, 0.2) is 18.5 Å². The molecule has 0 aromatic carbocycles. The van der Waals surface area contributed by atoms with E-state index in [1.165, 1.54) is 11.1 Å². The number of nitrogens with zero attached hydrogens (tertiary/aromatic N) is 4. The molecule has 7 nitrogen and oxygen atoms in total. The quantitative estimate of drug-likeness (QED) is 0.586. The van der Waals surface area contributed by atoms with E-state index in [2.05, 4.69) is 15.0 Å². The number of pyridine rings is 1. The number of rotatable bonds is 3. The van der Waals surface area contributed by atoms with E-state index in [-0.39, 0.29) is 24.3 Å². The van der Waals surface area contributed by atoms with E-state index >= 15 is 0 Å². The highest BCUT2D eigenvalue weighted by atomic mass is 35.5. The minimum absolute atomic E-state index is 0.0442. The zero-order valence-corrected chi connectivity index (χ0v) is 15.9. The predicted molar refractivity (Wildman–Crippen MR) is 95.9 cm³/mol. The Labute approximate surface area is 160 Å². The lowest BCUT2D eigenvalue weighted by Gasteiger charge is -2.22. The summed E-state index contributed by atoms with van der Waals surface area (Å²) in [5.41, 5.74) is 1.31. The van der Waals surface area contributed by atoms with E-state index in [1.54, 1.807) is 33.0 Å². The summed E-state index contributed by atoms with van der Waals surface area (Å²) >= 11 is 11.9. The van der Waals surface area contributed by atoms with Crippen LogP contribution in [0.1, 0.15) is 36.8 Å². The number of halogens is 2. The van der Waals surface area contributed by atoms with Crippen LogP contribution in [0.2, 0.25) is 10.3 Å². The molecule has 0 N–H and O–H groups in total. The molecule has 0 atom stereocenters. The van der Waals surface area contributed by atoms with Crippen molar-refractivity contribution in [2.75, 3.05) is 6.54 Å². The average Bonchev–Trinajstić information content (AvgIpc) is 2.83. The van der Waals surface area contributed by atoms with E-state index < -0.39 is 11.6 Å². The maximum Gasteiger partial charge on any atom is 0.326 e. The van der Waals surface area contributed by atoms with Crippen molar-refractivity contribution < 1.29 is 14.3 Å². The Morgan fingerprint density at radius 1 is 1.27 bits per heavy atom. The molecule has 9 heteroatoms. The summed E-state index contributed by atoms with van der Waals surface area (Å²) in [4.78, 5) is 38.2. The fourth-order valence-corrected chi connectivity index (χ4v) is 2.90. The minimum Gasteiger partial charge on any atom is -0.459 e. The van der Waals surface area contributed by atoms with Crippen LogP contribution in [0.3, 0.4) is 0 Å². The first-order chi connectivity index (χ1) is 12.1. The molecule has 0 aliphatic carbocycles. The van der Waals surface area contributed by atoms with Crippen LogP contribution < -0.4 is 0 Å². The van der Waals surface area contributed by atoms with Gasteiger partial charge in [0.25, 0.3) is 5.91 Å². The fraction of sp³-hybridized carbons (Fsp3) is 0.353. The Balaban J connectivity index is 1.83. The molecule has 1 amide bonds. The van der Waals surface area contributed by atoms with Gasteiger partial charge < -0.3 is 9.64 Å². The number of carbonyl (C=O) groups excluding carboxylic acids is 2. The van der Waals surface area contributed by atoms with Gasteiger partial charge in [-0.1, -0.05) is 11.6 Å². The van der Waals surface area contributed by atoms with Gasteiger partial charge in [0.2, 0.25) is 5.28 Å². The number of amides is 1. The summed E-state index contributed by atoms with van der Waals surface area (Å²) in [5, 5.41) is 0.343. The van der Waals surface area contributed by atoms with Gasteiger partial charge in [-0.15, -0.1) is 0 Å². The zero-order valence-electron chi connectivity index (χ0n) is 14.4. The minimum atomic E-state index is -0.610. The highest BCUT2D eigenvalue weighted by Gasteiger charge is 2.32. The number of fused-ring (bicyclic) bond motifs is 1. The number of aromatic nitrogens is 3. The van der Waals surface area contributed by atoms with Gasteiger partial charge in [0.1, 0.15) is 12.1 Å². The van der Waals surface area contributed by atoms with Crippen LogP contribution >= 0.6 is 23.2 Å². The maximum absolute atomic E-state index is 12.6. The normalized spacial score (nSPS) is 13.7. The molecule has 2 aromatic rings. The maximum atomic E-state index is 12.6. The van der Waals surface area contributed by atoms with Gasteiger partial charge in [-0.2, -0.15) is 0 Å². The van der Waals surface area contributed by atoms with Crippen molar-refractivity contribution in [3.63, 3.8) is 0 Å². The van der Waals surface area contributed by atoms with Crippen molar-refractivity contribution in [3.8, 4) is 11.3 Å². The molecular formula is C17H16Cl2N4O3. The van der Waals surface area contributed by atoms with Gasteiger partial charge in [-0.25, -0.2) is 9.97 Å². The largest absolute Gasteiger partial charge is 0.459 e. The molecule has 26 heavy (non-hydrogen) atoms. The van der Waals surface area contributed by atoms with Crippen LogP contribution in [0.4, 0.5) is 0 Å². The number of hydrogen-bond donors (Lipinski definition) is 0. The van der Waals surface area contributed by atoms with Crippen molar-refractivity contribution in [1.29, 1.82) is 0 Å². The molecule has 0 saturated heterocycles. The van der Waals surface area contributed by atoms with Crippen LogP contribution in [-0.2, 0) is 16.1 Å². The van der Waals surface area contributed by atoms with Crippen molar-refractivity contribution in [1.82, 2.24) is 19.9 Å². The second kappa shape index (κ2) is 6.81. The third-order valence-electron chi connectivity index (χ3n) is 3.56. The van der Waals surface area contributed by atoms with Crippen molar-refractivity contribution >= 4 is 35.1 Å². The van der Waals surface area contributed by atoms with Gasteiger partial charge in [0.05, 0.1) is 34.7 Å². The molecule has 0 fully saturated rings. The molecule has 3 heterocycles. The summed E-state index contributed by atoms with van der Waals surface area (Å²) in [5.74, 6) is -0.763. The highest BCUT2D eigenvalue weighted by Crippen LogP contribution is 2.30. The zero-order chi connectivity index (χ0) is 19.1. The third kappa shape index (κ3) is 3.94. The lowest BCUT2D eigenvalue weighted by Crippen LogP contribution is -2.35. The van der Waals surface area contributed by atoms with Gasteiger partial charge >= 0.3 is 5.97 Å². The third-order valence-corrected chi connectivity index (χ3v) is 4.02. The molecule has 0 bridgehead atoms. The standard InChI is InChI=1S/C17H16Cl2N4O3/c1-17(2,3)26-13(24)8-23-7-12-10(15(23)25)4-9(5-20-12)14-11(18)6-21-16(19)22-14/h4-6H,7-8H2,1-3H3. The van der Waals surface area contributed by atoms with E-state index in [0.29, 0.717) is 27.5 Å². The summed E-state index contributed by atoms with van der Waals surface area (Å²) in [6.07, 6.45) is 2.95. The Morgan fingerprint density at radius 3 is 2.69 bits per heavy atom. The fourth-order valence-electron chi connectivity index (χ4n) is 2.56. The van der Waals surface area contributed by atoms with Crippen LogP contribution in [0, 0.1) is 0 Å². The van der Waals surface area contributed by atoms with E-state index in [1.807, 2.05) is 0 Å². The van der Waals surface area contributed by atoms with Gasteiger partial charge in [-0.05, 0) is 38.4 Å². The Kier molecular flexibility index (Phi) is 4.86. The average molecular weight is 395 g/mol. The Morgan fingerprint density at radius 2 is 2.00 bits per heavy atom. The van der Waals surface area contributed by atoms with Crippen LogP contribution in [0.5, 0.6) is 0 Å². The smallest absolute Gasteiger partial charge is 0.326 e. The highest BCUT2D eigenvalue weighted by molar-refractivity contribution is 6.33. The number of ether oxygens (including phenoxy) is 1. The topological polar surface area (TPSA) is 85.3 Å². The van der Waals surface area contributed by atoms with Gasteiger partial charge in [0.15, 0.2) is 0 Å². The lowest BCUT2D eigenvalue weighted by molar-refractivity contribution is -0.155. The summed E-state index contributed by atoms with van der Waals surface area (Å²) in [7, 11) is 0. The molecule has 1 aliphatic heterocycles. The van der Waals surface area contributed by atoms with Crippen LogP contribution in [-0.4, -0.2) is 43.9 Å². The molecule has 2 aromatic heterocycles. The number of hydrogen-bond acceptors (Lipinski definition) is 6. The van der Waals surface area contributed by atoms with Crippen molar-refractivity contribution in [3.05, 3.63) is 40.0 Å². The number of carbonyl (C=O) groups is 2. The van der Waals surface area contributed by atoms with Crippen molar-refractivity contribution in [2.24, 2.45) is 0 Å². The van der Waals surface area contributed by atoms with Gasteiger partial charge in [-0.3, -0.25) is 14.6 Å². The number of esters is 1. The summed E-state index contributed by atoms with van der Waals surface area (Å²) in [6.45, 7) is 5.43. The summed E-state index contributed by atoms with van der Waals surface area (Å²) in [6, 6.07) is 1.64. The SMILES string of the molecule is CC(C)(C)OC(=O)CN1Cc2ncc(-c3nc(Cl)ncc3Cl)cc2C1=O. The predicted octanol–water partition coefficient (Wildman–Crippen LogP) is 3.14. The van der Waals surface area contributed by atoms with E-state index in [0.717, 1.165) is 0 Å². The molecule has 0 unspecified atom stereocenters. The van der Waals surface area contributed by atoms with Gasteiger partial charge in [0, 0.05) is 11.8 Å². The van der Waals surface area contributed by atoms with E-state index in [4.69, 9.17) is 27.9 Å². The molecule has 136 valence electrons. The Hall–Kier alpha value is -2.25. The molecule has 0 saturated carbocycles. The lowest BCUT2D eigenvalue weighted by atomic mass is 10.1. The van der Waals surface area contributed by atoms with Crippen molar-refractivity contribution in [2.45, 2.75) is 32.9 Å². The first kappa shape index (κ1) is 18.5. The molecule has 1 aliphatic rings. The second-order valence-electron chi connectivity index (χ2n) is 6.80. The molecule has 0 spiro atoms. The van der Waals surface area contributed by atoms with Crippen LogP contribution in [0.25, 0.3) is 11.3 Å². The summed E-state index contributed by atoms with van der Waals surface area (Å²) < 4.78 is 5.27. The second-order valence-corrected chi connectivity index (χ2v) is 7.55. The first-order valence-corrected chi connectivity index (χ1v) is 8.58. The molecule has 3 rings (SSSR count). The molecule has 0 radical (unpaired) electrons. The van der Waals surface area contributed by atoms with E-state index in [9.17, 15) is 9.59 Å². The first-order valence-electron chi connectivity index (χ1n) is 7.82. The Bertz CT molecular complexity index is 896. The molecular weight excluding hydrogens is 379 g/mol. The monoisotopic (exact) mass is 394 g/mol.